The Hall–Kier alpha value is -3.39. The predicted molar refractivity (Wildman–Crippen MR) is 123 cm³/mol. The molecule has 0 saturated carbocycles. The average Bonchev–Trinajstić information content (AvgIpc) is 2.76. The SMILES string of the molecule is Cc1ccnc(Nc2ccc(N3CCN(C(=O)Nc4ccc(C)cc4Cl)CC3)nn2)c1. The summed E-state index contributed by atoms with van der Waals surface area (Å²) in [4.78, 5) is 20.7. The molecule has 2 aromatic heterocycles. The third-order valence-corrected chi connectivity index (χ3v) is 5.39. The fourth-order valence-corrected chi connectivity index (χ4v) is 3.63. The zero-order valence-corrected chi connectivity index (χ0v) is 18.2. The van der Waals surface area contributed by atoms with Crippen LogP contribution in [0.4, 0.5) is 27.9 Å². The van der Waals surface area contributed by atoms with Crippen LogP contribution in [0.15, 0.2) is 48.7 Å². The van der Waals surface area contributed by atoms with E-state index in [9.17, 15) is 4.79 Å². The van der Waals surface area contributed by atoms with Gasteiger partial charge in [0.25, 0.3) is 0 Å². The first kappa shape index (κ1) is 20.9. The summed E-state index contributed by atoms with van der Waals surface area (Å²) in [5.41, 5.74) is 2.79. The highest BCUT2D eigenvalue weighted by Crippen LogP contribution is 2.23. The minimum absolute atomic E-state index is 0.151. The van der Waals surface area contributed by atoms with Crippen LogP contribution < -0.4 is 15.5 Å². The molecule has 2 amide bonds. The van der Waals surface area contributed by atoms with Crippen molar-refractivity contribution in [2.75, 3.05) is 41.7 Å². The molecular formula is C22H24ClN7O. The van der Waals surface area contributed by atoms with Crippen LogP contribution in [-0.4, -0.2) is 52.3 Å². The lowest BCUT2D eigenvalue weighted by atomic mass is 10.2. The van der Waals surface area contributed by atoms with Gasteiger partial charge in [0.05, 0.1) is 10.7 Å². The number of carbonyl (C=O) groups is 1. The largest absolute Gasteiger partial charge is 0.352 e. The molecule has 2 N–H and O–H groups in total. The molecule has 0 spiro atoms. The number of halogens is 1. The summed E-state index contributed by atoms with van der Waals surface area (Å²) in [6.07, 6.45) is 1.75. The number of anilines is 4. The van der Waals surface area contributed by atoms with Crippen LogP contribution in [0.25, 0.3) is 0 Å². The molecule has 0 atom stereocenters. The van der Waals surface area contributed by atoms with Crippen molar-refractivity contribution in [1.82, 2.24) is 20.1 Å². The van der Waals surface area contributed by atoms with E-state index in [0.717, 1.165) is 22.8 Å². The number of amides is 2. The van der Waals surface area contributed by atoms with E-state index in [0.29, 0.717) is 42.7 Å². The Bertz CT molecular complexity index is 1070. The zero-order chi connectivity index (χ0) is 21.8. The van der Waals surface area contributed by atoms with Crippen molar-refractivity contribution in [3.05, 3.63) is 64.8 Å². The van der Waals surface area contributed by atoms with E-state index in [2.05, 4.69) is 30.7 Å². The number of hydrogen-bond acceptors (Lipinski definition) is 6. The Morgan fingerprint density at radius 2 is 1.71 bits per heavy atom. The molecule has 4 rings (SSSR count). The van der Waals surface area contributed by atoms with Crippen molar-refractivity contribution in [2.45, 2.75) is 13.8 Å². The lowest BCUT2D eigenvalue weighted by Crippen LogP contribution is -2.50. The van der Waals surface area contributed by atoms with E-state index in [1.807, 2.05) is 56.3 Å². The second-order valence-corrected chi connectivity index (χ2v) is 7.91. The fraction of sp³-hybridized carbons (Fsp3) is 0.273. The minimum atomic E-state index is -0.151. The number of carbonyl (C=O) groups excluding carboxylic acids is 1. The number of hydrogen-bond donors (Lipinski definition) is 2. The topological polar surface area (TPSA) is 86.3 Å². The van der Waals surface area contributed by atoms with Gasteiger partial charge in [0.1, 0.15) is 5.82 Å². The lowest BCUT2D eigenvalue weighted by molar-refractivity contribution is 0.208. The Morgan fingerprint density at radius 3 is 2.39 bits per heavy atom. The summed E-state index contributed by atoms with van der Waals surface area (Å²) in [6.45, 7) is 6.50. The van der Waals surface area contributed by atoms with Crippen molar-refractivity contribution in [3.63, 3.8) is 0 Å². The number of nitrogens with zero attached hydrogens (tertiary/aromatic N) is 5. The molecule has 0 bridgehead atoms. The zero-order valence-electron chi connectivity index (χ0n) is 17.5. The predicted octanol–water partition coefficient (Wildman–Crippen LogP) is 4.24. The molecule has 1 aliphatic heterocycles. The molecule has 0 radical (unpaired) electrons. The molecule has 9 heteroatoms. The number of pyridine rings is 1. The fourth-order valence-electron chi connectivity index (χ4n) is 3.35. The van der Waals surface area contributed by atoms with Crippen LogP contribution in [0.5, 0.6) is 0 Å². The molecule has 1 aromatic carbocycles. The van der Waals surface area contributed by atoms with Gasteiger partial charge in [-0.2, -0.15) is 0 Å². The van der Waals surface area contributed by atoms with Crippen LogP contribution in [0.2, 0.25) is 5.02 Å². The third-order valence-electron chi connectivity index (χ3n) is 5.08. The van der Waals surface area contributed by atoms with Gasteiger partial charge in [-0.15, -0.1) is 10.2 Å². The van der Waals surface area contributed by atoms with Gasteiger partial charge in [-0.05, 0) is 61.4 Å². The molecule has 1 saturated heterocycles. The van der Waals surface area contributed by atoms with E-state index < -0.39 is 0 Å². The smallest absolute Gasteiger partial charge is 0.322 e. The van der Waals surface area contributed by atoms with E-state index >= 15 is 0 Å². The van der Waals surface area contributed by atoms with Crippen molar-refractivity contribution >= 4 is 40.8 Å². The maximum Gasteiger partial charge on any atom is 0.322 e. The molecule has 3 aromatic rings. The normalized spacial score (nSPS) is 13.8. The van der Waals surface area contributed by atoms with Crippen molar-refractivity contribution in [3.8, 4) is 0 Å². The van der Waals surface area contributed by atoms with Gasteiger partial charge in [-0.1, -0.05) is 17.7 Å². The minimum Gasteiger partial charge on any atom is -0.352 e. The van der Waals surface area contributed by atoms with Crippen LogP contribution in [0.1, 0.15) is 11.1 Å². The van der Waals surface area contributed by atoms with Crippen LogP contribution in [0.3, 0.4) is 0 Å². The van der Waals surface area contributed by atoms with Gasteiger partial charge < -0.3 is 20.4 Å². The van der Waals surface area contributed by atoms with Crippen molar-refractivity contribution in [1.29, 1.82) is 0 Å². The number of benzene rings is 1. The Kier molecular flexibility index (Phi) is 6.18. The maximum atomic E-state index is 12.6. The van der Waals surface area contributed by atoms with E-state index in [1.165, 1.54) is 0 Å². The summed E-state index contributed by atoms with van der Waals surface area (Å²) >= 11 is 6.22. The number of rotatable bonds is 4. The first-order valence-corrected chi connectivity index (χ1v) is 10.5. The van der Waals surface area contributed by atoms with Gasteiger partial charge in [-0.3, -0.25) is 0 Å². The molecule has 1 fully saturated rings. The molecule has 8 nitrogen and oxygen atoms in total. The Labute approximate surface area is 186 Å². The first-order valence-electron chi connectivity index (χ1n) is 10.1. The lowest BCUT2D eigenvalue weighted by Gasteiger charge is -2.35. The Morgan fingerprint density at radius 1 is 0.935 bits per heavy atom. The van der Waals surface area contributed by atoms with Crippen LogP contribution in [0, 0.1) is 13.8 Å². The summed E-state index contributed by atoms with van der Waals surface area (Å²) in [7, 11) is 0. The number of aromatic nitrogens is 3. The highest BCUT2D eigenvalue weighted by Gasteiger charge is 2.22. The molecule has 0 aliphatic carbocycles. The summed E-state index contributed by atoms with van der Waals surface area (Å²) in [5.74, 6) is 2.15. The maximum absolute atomic E-state index is 12.6. The number of aryl methyl sites for hydroxylation is 2. The monoisotopic (exact) mass is 437 g/mol. The van der Waals surface area contributed by atoms with E-state index in [-0.39, 0.29) is 6.03 Å². The third kappa shape index (κ3) is 5.21. The number of urea groups is 1. The molecular weight excluding hydrogens is 414 g/mol. The molecule has 0 unspecified atom stereocenters. The molecule has 160 valence electrons. The van der Waals surface area contributed by atoms with Gasteiger partial charge in [0.15, 0.2) is 11.6 Å². The molecule has 3 heterocycles. The standard InChI is InChI=1S/C22H24ClN7O/c1-15-3-4-18(17(23)13-15)25-22(31)30-11-9-29(10-12-30)21-6-5-19(27-28-21)26-20-14-16(2)7-8-24-20/h3-8,13-14H,9-12H2,1-2H3,(H,25,31)(H,24,26,27). The second-order valence-electron chi connectivity index (χ2n) is 7.51. The summed E-state index contributed by atoms with van der Waals surface area (Å²) < 4.78 is 0. The second kappa shape index (κ2) is 9.18. The van der Waals surface area contributed by atoms with Gasteiger partial charge in [0, 0.05) is 32.4 Å². The van der Waals surface area contributed by atoms with Crippen LogP contribution >= 0.6 is 11.6 Å². The van der Waals surface area contributed by atoms with Crippen molar-refractivity contribution in [2.24, 2.45) is 0 Å². The van der Waals surface area contributed by atoms with E-state index in [4.69, 9.17) is 11.6 Å². The summed E-state index contributed by atoms with van der Waals surface area (Å²) in [5, 5.41) is 15.2. The first-order chi connectivity index (χ1) is 15.0. The quantitative estimate of drug-likeness (QED) is 0.634. The van der Waals surface area contributed by atoms with Crippen molar-refractivity contribution < 1.29 is 4.79 Å². The van der Waals surface area contributed by atoms with E-state index in [1.54, 1.807) is 11.1 Å². The number of piperazine rings is 1. The van der Waals surface area contributed by atoms with Gasteiger partial charge >= 0.3 is 6.03 Å². The molecule has 1 aliphatic rings. The number of nitrogens with one attached hydrogen (secondary N) is 2. The average molecular weight is 438 g/mol. The van der Waals surface area contributed by atoms with Gasteiger partial charge in [-0.25, -0.2) is 9.78 Å². The highest BCUT2D eigenvalue weighted by molar-refractivity contribution is 6.33. The van der Waals surface area contributed by atoms with Crippen LogP contribution in [-0.2, 0) is 0 Å². The highest BCUT2D eigenvalue weighted by atomic mass is 35.5. The summed E-state index contributed by atoms with van der Waals surface area (Å²) in [6, 6.07) is 13.1. The Balaban J connectivity index is 1.31. The van der Waals surface area contributed by atoms with Gasteiger partial charge in [0.2, 0.25) is 0 Å². The molecule has 31 heavy (non-hydrogen) atoms.